The van der Waals surface area contributed by atoms with Crippen LogP contribution in [-0.4, -0.2) is 16.5 Å². The van der Waals surface area contributed by atoms with Gasteiger partial charge in [0.05, 0.1) is 10.5 Å². The highest BCUT2D eigenvalue weighted by molar-refractivity contribution is 9.09. The van der Waals surface area contributed by atoms with Crippen molar-refractivity contribution in [3.63, 3.8) is 0 Å². The summed E-state index contributed by atoms with van der Waals surface area (Å²) < 4.78 is 0. The van der Waals surface area contributed by atoms with Gasteiger partial charge in [-0.15, -0.1) is 0 Å². The minimum Gasteiger partial charge on any atom is -0.298 e. The number of nitrogens with zero attached hydrogens (tertiary/aromatic N) is 1. The molecule has 0 aliphatic rings. The first-order chi connectivity index (χ1) is 7.69. The predicted molar refractivity (Wildman–Crippen MR) is 65.9 cm³/mol. The maximum absolute atomic E-state index is 10.8. The zero-order valence-corrected chi connectivity index (χ0v) is 10.0. The van der Waals surface area contributed by atoms with Crippen molar-refractivity contribution in [1.29, 1.82) is 0 Å². The molecule has 0 radical (unpaired) electrons. The Morgan fingerprint density at radius 1 is 1.44 bits per heavy atom. The van der Waals surface area contributed by atoms with Gasteiger partial charge < -0.3 is 0 Å². The number of alkyl halides is 1. The van der Waals surface area contributed by atoms with E-state index in [9.17, 15) is 14.9 Å². The Hall–Kier alpha value is -1.49. The van der Waals surface area contributed by atoms with Gasteiger partial charge in [0.15, 0.2) is 0 Å². The second-order valence-corrected chi connectivity index (χ2v) is 3.87. The van der Waals surface area contributed by atoms with E-state index in [2.05, 4.69) is 15.9 Å². The number of carbonyl (C=O) groups excluding carboxylic acids is 1. The van der Waals surface area contributed by atoms with Crippen LogP contribution in [0.25, 0.3) is 6.08 Å². The van der Waals surface area contributed by atoms with Gasteiger partial charge >= 0.3 is 0 Å². The van der Waals surface area contributed by atoms with Crippen LogP contribution in [0.5, 0.6) is 0 Å². The molecule has 0 fully saturated rings. The topological polar surface area (TPSA) is 60.2 Å². The molecule has 0 heterocycles. The van der Waals surface area contributed by atoms with Gasteiger partial charge in [-0.05, 0) is 12.5 Å². The molecule has 16 heavy (non-hydrogen) atoms. The fourth-order valence-electron chi connectivity index (χ4n) is 1.21. The fourth-order valence-corrected chi connectivity index (χ4v) is 1.47. The molecule has 84 valence electrons. The summed E-state index contributed by atoms with van der Waals surface area (Å²) in [6.07, 6.45) is 4.93. The van der Waals surface area contributed by atoms with E-state index in [0.717, 1.165) is 11.8 Å². The molecule has 0 unspecified atom stereocenters. The average Bonchev–Trinajstić information content (AvgIpc) is 2.29. The summed E-state index contributed by atoms with van der Waals surface area (Å²) in [5.41, 5.74) is 0.774. The number of hydrogen-bond acceptors (Lipinski definition) is 3. The van der Waals surface area contributed by atoms with Gasteiger partial charge in [-0.1, -0.05) is 34.1 Å². The van der Waals surface area contributed by atoms with Crippen molar-refractivity contribution in [2.24, 2.45) is 0 Å². The molecule has 0 atom stereocenters. The van der Waals surface area contributed by atoms with Crippen LogP contribution in [0.4, 0.5) is 5.69 Å². The molecule has 4 nitrogen and oxygen atoms in total. The molecule has 1 aromatic carbocycles. The van der Waals surface area contributed by atoms with E-state index in [1.807, 2.05) is 6.08 Å². The van der Waals surface area contributed by atoms with E-state index < -0.39 is 4.92 Å². The molecule has 1 rings (SSSR count). The van der Waals surface area contributed by atoms with Crippen molar-refractivity contribution in [3.05, 3.63) is 45.5 Å². The van der Waals surface area contributed by atoms with Gasteiger partial charge in [0.1, 0.15) is 6.29 Å². The van der Waals surface area contributed by atoms with Crippen LogP contribution >= 0.6 is 15.9 Å². The van der Waals surface area contributed by atoms with E-state index in [1.54, 1.807) is 18.2 Å². The monoisotopic (exact) mass is 283 g/mol. The highest BCUT2D eigenvalue weighted by Gasteiger charge is 2.11. The van der Waals surface area contributed by atoms with Crippen LogP contribution in [0.1, 0.15) is 22.3 Å². The molecular weight excluding hydrogens is 274 g/mol. The van der Waals surface area contributed by atoms with Crippen LogP contribution in [-0.2, 0) is 0 Å². The maximum Gasteiger partial charge on any atom is 0.277 e. The number of nitro benzene ring substituents is 1. The molecule has 5 heteroatoms. The van der Waals surface area contributed by atoms with Crippen molar-refractivity contribution in [2.45, 2.75) is 6.42 Å². The minimum atomic E-state index is -0.485. The SMILES string of the molecule is O=Cc1ccc(C=CCCBr)c([N+](=O)[O-])c1. The number of aldehydes is 1. The number of nitro groups is 1. The summed E-state index contributed by atoms with van der Waals surface area (Å²) in [6, 6.07) is 4.42. The number of allylic oxidation sites excluding steroid dienone is 1. The van der Waals surface area contributed by atoms with Gasteiger partial charge in [0, 0.05) is 17.0 Å². The highest BCUT2D eigenvalue weighted by Crippen LogP contribution is 2.21. The smallest absolute Gasteiger partial charge is 0.277 e. The standard InChI is InChI=1S/C11H10BrNO3/c12-6-2-1-3-10-5-4-9(8-14)7-11(10)13(15)16/h1,3-5,7-8H,2,6H2. The number of benzene rings is 1. The molecule has 1 aromatic rings. The lowest BCUT2D eigenvalue weighted by Gasteiger charge is -1.98. The summed E-state index contributed by atoms with van der Waals surface area (Å²) in [4.78, 5) is 20.8. The van der Waals surface area contributed by atoms with Crippen molar-refractivity contribution in [1.82, 2.24) is 0 Å². The van der Waals surface area contributed by atoms with Gasteiger partial charge in [0.25, 0.3) is 5.69 Å². The first-order valence-electron chi connectivity index (χ1n) is 4.65. The van der Waals surface area contributed by atoms with E-state index in [4.69, 9.17) is 0 Å². The van der Waals surface area contributed by atoms with Crippen molar-refractivity contribution < 1.29 is 9.72 Å². The summed E-state index contributed by atoms with van der Waals surface area (Å²) in [7, 11) is 0. The molecule has 0 saturated heterocycles. The molecule has 0 saturated carbocycles. The molecule has 0 amide bonds. The lowest BCUT2D eigenvalue weighted by Crippen LogP contribution is -1.93. The van der Waals surface area contributed by atoms with E-state index in [-0.39, 0.29) is 5.69 Å². The summed E-state index contributed by atoms with van der Waals surface area (Å²) in [5, 5.41) is 11.6. The Bertz CT molecular complexity index is 429. The van der Waals surface area contributed by atoms with E-state index >= 15 is 0 Å². The van der Waals surface area contributed by atoms with Gasteiger partial charge in [-0.3, -0.25) is 14.9 Å². The summed E-state index contributed by atoms with van der Waals surface area (Å²) in [6.45, 7) is 0. The third-order valence-electron chi connectivity index (χ3n) is 1.96. The van der Waals surface area contributed by atoms with Crippen LogP contribution in [0.3, 0.4) is 0 Å². The van der Waals surface area contributed by atoms with Crippen LogP contribution in [0.15, 0.2) is 24.3 Å². The number of rotatable bonds is 5. The van der Waals surface area contributed by atoms with Crippen LogP contribution < -0.4 is 0 Å². The predicted octanol–water partition coefficient (Wildman–Crippen LogP) is 3.21. The van der Waals surface area contributed by atoms with Gasteiger partial charge in [-0.2, -0.15) is 0 Å². The minimum absolute atomic E-state index is 0.0459. The summed E-state index contributed by atoms with van der Waals surface area (Å²) in [5.74, 6) is 0. The normalized spacial score (nSPS) is 10.6. The Morgan fingerprint density at radius 3 is 2.75 bits per heavy atom. The molecule has 0 N–H and O–H groups in total. The molecule has 0 aliphatic carbocycles. The van der Waals surface area contributed by atoms with E-state index in [0.29, 0.717) is 17.4 Å². The van der Waals surface area contributed by atoms with E-state index in [1.165, 1.54) is 6.07 Å². The second kappa shape index (κ2) is 6.17. The second-order valence-electron chi connectivity index (χ2n) is 3.07. The first kappa shape index (κ1) is 12.6. The zero-order chi connectivity index (χ0) is 12.0. The number of halogens is 1. The largest absolute Gasteiger partial charge is 0.298 e. The Labute approximate surface area is 101 Å². The van der Waals surface area contributed by atoms with Crippen molar-refractivity contribution >= 4 is 34.0 Å². The lowest BCUT2D eigenvalue weighted by atomic mass is 10.1. The number of hydrogen-bond donors (Lipinski definition) is 0. The maximum atomic E-state index is 10.8. The third-order valence-corrected chi connectivity index (χ3v) is 2.42. The number of carbonyl (C=O) groups is 1. The fraction of sp³-hybridized carbons (Fsp3) is 0.182. The van der Waals surface area contributed by atoms with Gasteiger partial charge in [0.2, 0.25) is 0 Å². The molecule has 0 aromatic heterocycles. The van der Waals surface area contributed by atoms with Crippen LogP contribution in [0, 0.1) is 10.1 Å². The Morgan fingerprint density at radius 2 is 2.19 bits per heavy atom. The average molecular weight is 284 g/mol. The third kappa shape index (κ3) is 3.27. The Kier molecular flexibility index (Phi) is 4.85. The lowest BCUT2D eigenvalue weighted by molar-refractivity contribution is -0.385. The molecule has 0 bridgehead atoms. The molecule has 0 aliphatic heterocycles. The summed E-state index contributed by atoms with van der Waals surface area (Å²) >= 11 is 3.26. The highest BCUT2D eigenvalue weighted by atomic mass is 79.9. The first-order valence-corrected chi connectivity index (χ1v) is 5.77. The quantitative estimate of drug-likeness (QED) is 0.361. The zero-order valence-electron chi connectivity index (χ0n) is 8.43. The van der Waals surface area contributed by atoms with Gasteiger partial charge in [-0.25, -0.2) is 0 Å². The molecular formula is C11H10BrNO3. The van der Waals surface area contributed by atoms with Crippen molar-refractivity contribution in [2.75, 3.05) is 5.33 Å². The molecule has 0 spiro atoms. The Balaban J connectivity index is 3.08. The van der Waals surface area contributed by atoms with Crippen LogP contribution in [0.2, 0.25) is 0 Å². The van der Waals surface area contributed by atoms with Crippen molar-refractivity contribution in [3.8, 4) is 0 Å².